The maximum atomic E-state index is 14.1. The van der Waals surface area contributed by atoms with Crippen LogP contribution in [0.4, 0.5) is 8.78 Å². The number of aromatic amines is 1. The van der Waals surface area contributed by atoms with Crippen molar-refractivity contribution in [1.82, 2.24) is 19.9 Å². The largest absolute Gasteiger partial charge is 0.347 e. The molecular weight excluding hydrogens is 382 g/mol. The van der Waals surface area contributed by atoms with Crippen molar-refractivity contribution >= 4 is 21.9 Å². The number of aromatic nitrogens is 3. The molecule has 0 spiro atoms. The van der Waals surface area contributed by atoms with Crippen molar-refractivity contribution in [2.24, 2.45) is 5.92 Å². The molecule has 2 aromatic carbocycles. The monoisotopic (exact) mass is 408 g/mol. The number of benzene rings is 2. The lowest BCUT2D eigenvalue weighted by Gasteiger charge is -2.22. The predicted molar refractivity (Wildman–Crippen MR) is 116 cm³/mol. The molecule has 4 aromatic rings. The molecule has 1 aliphatic heterocycles. The van der Waals surface area contributed by atoms with Gasteiger partial charge in [0.25, 0.3) is 0 Å². The Bertz CT molecular complexity index is 1170. The summed E-state index contributed by atoms with van der Waals surface area (Å²) in [5.41, 5.74) is 2.58. The van der Waals surface area contributed by atoms with Crippen LogP contribution in [0.25, 0.3) is 33.3 Å². The highest BCUT2D eigenvalue weighted by Gasteiger charge is 2.16. The summed E-state index contributed by atoms with van der Waals surface area (Å²) in [4.78, 5) is 7.48. The van der Waals surface area contributed by atoms with Gasteiger partial charge in [0, 0.05) is 29.2 Å². The molecule has 6 heteroatoms. The van der Waals surface area contributed by atoms with Gasteiger partial charge in [-0.25, -0.2) is 13.8 Å². The van der Waals surface area contributed by atoms with Gasteiger partial charge in [0.15, 0.2) is 11.6 Å². The molecule has 2 aromatic heterocycles. The van der Waals surface area contributed by atoms with Crippen molar-refractivity contribution in [3.05, 3.63) is 54.2 Å². The van der Waals surface area contributed by atoms with Gasteiger partial charge >= 0.3 is 0 Å². The Morgan fingerprint density at radius 3 is 2.77 bits per heavy atom. The molecule has 0 amide bonds. The summed E-state index contributed by atoms with van der Waals surface area (Å²) in [5.74, 6) is -0.357. The van der Waals surface area contributed by atoms with Gasteiger partial charge in [-0.05, 0) is 62.5 Å². The Balaban J connectivity index is 1.35. The van der Waals surface area contributed by atoms with E-state index >= 15 is 0 Å². The third-order valence-corrected chi connectivity index (χ3v) is 6.33. The number of nitrogens with zero attached hydrogens (tertiary/aromatic N) is 2. The number of hydrogen-bond acceptors (Lipinski definition) is 2. The van der Waals surface area contributed by atoms with Gasteiger partial charge < -0.3 is 14.9 Å². The van der Waals surface area contributed by atoms with Crippen LogP contribution in [0, 0.1) is 17.6 Å². The molecule has 0 bridgehead atoms. The number of fused-ring (bicyclic) bond motifs is 2. The van der Waals surface area contributed by atoms with E-state index in [2.05, 4.69) is 38.2 Å². The second-order valence-corrected chi connectivity index (χ2v) is 8.28. The molecule has 0 unspecified atom stereocenters. The average molecular weight is 408 g/mol. The van der Waals surface area contributed by atoms with Crippen LogP contribution in [0.3, 0.4) is 0 Å². The summed E-state index contributed by atoms with van der Waals surface area (Å²) in [6, 6.07) is 10.8. The van der Waals surface area contributed by atoms with Crippen molar-refractivity contribution in [3.63, 3.8) is 0 Å². The fourth-order valence-corrected chi connectivity index (χ4v) is 4.66. The van der Waals surface area contributed by atoms with Crippen LogP contribution in [0.5, 0.6) is 0 Å². The summed E-state index contributed by atoms with van der Waals surface area (Å²) in [7, 11) is 0. The number of rotatable bonds is 6. The first-order valence-corrected chi connectivity index (χ1v) is 10.8. The van der Waals surface area contributed by atoms with Gasteiger partial charge in [-0.2, -0.15) is 0 Å². The average Bonchev–Trinajstić information content (AvgIpc) is 3.39. The molecule has 0 radical (unpaired) electrons. The zero-order valence-electron chi connectivity index (χ0n) is 16.9. The predicted octanol–water partition coefficient (Wildman–Crippen LogP) is 5.63. The number of hydrogen-bond donors (Lipinski definition) is 2. The maximum absolute atomic E-state index is 14.1. The molecule has 1 aliphatic rings. The zero-order chi connectivity index (χ0) is 20.5. The summed E-state index contributed by atoms with van der Waals surface area (Å²) >= 11 is 0. The van der Waals surface area contributed by atoms with E-state index < -0.39 is 11.6 Å². The number of nitrogens with one attached hydrogen (secondary N) is 2. The van der Waals surface area contributed by atoms with E-state index in [1.54, 1.807) is 0 Å². The molecule has 0 atom stereocenters. The smallest absolute Gasteiger partial charge is 0.186 e. The van der Waals surface area contributed by atoms with Crippen molar-refractivity contribution in [3.8, 4) is 11.4 Å². The molecule has 0 aliphatic carbocycles. The first-order valence-electron chi connectivity index (χ1n) is 10.8. The molecular formula is C24H26F2N4. The summed E-state index contributed by atoms with van der Waals surface area (Å²) < 4.78 is 29.9. The van der Waals surface area contributed by atoms with Crippen LogP contribution in [0.1, 0.15) is 32.1 Å². The van der Waals surface area contributed by atoms with Crippen molar-refractivity contribution in [2.45, 2.75) is 38.6 Å². The Labute approximate surface area is 174 Å². The molecule has 4 nitrogen and oxygen atoms in total. The number of imidazole rings is 1. The molecule has 2 N–H and O–H groups in total. The van der Waals surface area contributed by atoms with E-state index in [9.17, 15) is 8.78 Å². The van der Waals surface area contributed by atoms with Crippen LogP contribution >= 0.6 is 0 Å². The zero-order valence-corrected chi connectivity index (χ0v) is 16.9. The second kappa shape index (κ2) is 8.19. The lowest BCUT2D eigenvalue weighted by atomic mass is 9.92. The topological polar surface area (TPSA) is 45.6 Å². The van der Waals surface area contributed by atoms with Crippen LogP contribution in [-0.4, -0.2) is 27.6 Å². The number of piperidine rings is 1. The molecule has 0 saturated carbocycles. The van der Waals surface area contributed by atoms with Gasteiger partial charge in [-0.15, -0.1) is 0 Å². The Kier molecular flexibility index (Phi) is 5.25. The molecule has 156 valence electrons. The van der Waals surface area contributed by atoms with Gasteiger partial charge in [-0.1, -0.05) is 25.0 Å². The minimum atomic E-state index is -0.909. The quantitative estimate of drug-likeness (QED) is 0.406. The van der Waals surface area contributed by atoms with Crippen molar-refractivity contribution in [2.75, 3.05) is 13.1 Å². The normalized spacial score (nSPS) is 15.4. The van der Waals surface area contributed by atoms with E-state index in [0.717, 1.165) is 54.5 Å². The van der Waals surface area contributed by atoms with E-state index in [4.69, 9.17) is 0 Å². The van der Waals surface area contributed by atoms with Crippen LogP contribution in [0.2, 0.25) is 0 Å². The fourth-order valence-electron chi connectivity index (χ4n) is 4.66. The number of aryl methyl sites for hydroxylation is 1. The Morgan fingerprint density at radius 2 is 1.90 bits per heavy atom. The van der Waals surface area contributed by atoms with E-state index in [-0.39, 0.29) is 5.52 Å². The number of H-pyrrole nitrogens is 1. The van der Waals surface area contributed by atoms with Gasteiger partial charge in [0.2, 0.25) is 0 Å². The molecule has 30 heavy (non-hydrogen) atoms. The minimum absolute atomic E-state index is 0.0411. The highest BCUT2D eigenvalue weighted by atomic mass is 19.2. The first-order chi connectivity index (χ1) is 14.7. The molecule has 1 saturated heterocycles. The highest BCUT2D eigenvalue weighted by Crippen LogP contribution is 2.30. The van der Waals surface area contributed by atoms with Crippen LogP contribution < -0.4 is 5.32 Å². The third kappa shape index (κ3) is 3.60. The maximum Gasteiger partial charge on any atom is 0.186 e. The summed E-state index contributed by atoms with van der Waals surface area (Å²) in [5, 5.41) is 4.49. The third-order valence-electron chi connectivity index (χ3n) is 6.33. The van der Waals surface area contributed by atoms with E-state index in [0.29, 0.717) is 11.3 Å². The van der Waals surface area contributed by atoms with Gasteiger partial charge in [-0.3, -0.25) is 0 Å². The van der Waals surface area contributed by atoms with Crippen LogP contribution in [0.15, 0.2) is 42.6 Å². The lowest BCUT2D eigenvalue weighted by Crippen LogP contribution is -2.27. The Morgan fingerprint density at radius 1 is 1.03 bits per heavy atom. The standard InChI is InChI=1S/C24H26F2N4/c25-19-7-8-20-23(22(19)26)29-24(28-20)18-5-3-6-21-17(18)11-15-30(21)14-2-1-4-16-9-12-27-13-10-16/h3,5-8,11,15-16,27H,1-2,4,9-10,12-14H2,(H,28,29). The fraction of sp³-hybridized carbons (Fsp3) is 0.375. The number of halogens is 2. The summed E-state index contributed by atoms with van der Waals surface area (Å²) in [6.45, 7) is 3.31. The number of unbranched alkanes of at least 4 members (excludes halogenated alkanes) is 1. The van der Waals surface area contributed by atoms with Crippen LogP contribution in [-0.2, 0) is 6.54 Å². The molecule has 1 fully saturated rings. The summed E-state index contributed by atoms with van der Waals surface area (Å²) in [6.07, 6.45) is 8.44. The van der Waals surface area contributed by atoms with Crippen molar-refractivity contribution < 1.29 is 8.78 Å². The second-order valence-electron chi connectivity index (χ2n) is 8.28. The van der Waals surface area contributed by atoms with Crippen molar-refractivity contribution in [1.29, 1.82) is 0 Å². The lowest BCUT2D eigenvalue weighted by molar-refractivity contribution is 0.341. The first kappa shape index (κ1) is 19.2. The SMILES string of the molecule is Fc1ccc2[nH]c(-c3cccc4c3ccn4CCCCC3CCNCC3)nc2c1F. The molecule has 5 rings (SSSR count). The minimum Gasteiger partial charge on any atom is -0.347 e. The Hall–Kier alpha value is -2.73. The molecule has 3 heterocycles. The van der Waals surface area contributed by atoms with E-state index in [1.165, 1.54) is 31.7 Å². The van der Waals surface area contributed by atoms with Gasteiger partial charge in [0.1, 0.15) is 11.3 Å². The highest BCUT2D eigenvalue weighted by molar-refractivity contribution is 5.95. The van der Waals surface area contributed by atoms with E-state index in [1.807, 2.05) is 12.1 Å². The van der Waals surface area contributed by atoms with Gasteiger partial charge in [0.05, 0.1) is 5.52 Å².